The number of halogens is 1. The van der Waals surface area contributed by atoms with Gasteiger partial charge < -0.3 is 24.2 Å². The Morgan fingerprint density at radius 2 is 1.44 bits per heavy atom. The second-order valence-corrected chi connectivity index (χ2v) is 15.9. The fourth-order valence-electron chi connectivity index (χ4n) is 7.35. The Bertz CT molecular complexity index is 2180. The molecule has 1 saturated carbocycles. The van der Waals surface area contributed by atoms with Crippen molar-refractivity contribution in [3.63, 3.8) is 0 Å². The van der Waals surface area contributed by atoms with Crippen molar-refractivity contribution in [1.29, 1.82) is 0 Å². The maximum Gasteiger partial charge on any atom is 0.255 e. The number of rotatable bonds is 12. The maximum atomic E-state index is 13.0. The summed E-state index contributed by atoms with van der Waals surface area (Å²) in [5.41, 5.74) is 2.51. The number of phenolic OH excluding ortho intramolecular Hbond substituents is 1. The van der Waals surface area contributed by atoms with Gasteiger partial charge in [-0.3, -0.25) is 24.2 Å². The maximum absolute atomic E-state index is 13.0. The third-order valence-corrected chi connectivity index (χ3v) is 12.0. The number of Topliss-reactive ketones (excluding diaryl/α,β-unsaturated/α-hetero) is 2. The second kappa shape index (κ2) is 15.9. The number of fused-ring (bicyclic) bond motifs is 2. The summed E-state index contributed by atoms with van der Waals surface area (Å²) in [5.74, 6) is 2.85. The lowest BCUT2D eigenvalue weighted by Gasteiger charge is -2.34. The number of ketones is 2. The van der Waals surface area contributed by atoms with E-state index in [-0.39, 0.29) is 29.6 Å². The van der Waals surface area contributed by atoms with E-state index in [1.165, 1.54) is 0 Å². The van der Waals surface area contributed by atoms with Gasteiger partial charge in [0.25, 0.3) is 5.91 Å². The summed E-state index contributed by atoms with van der Waals surface area (Å²) in [7, 11) is 0. The second-order valence-electron chi connectivity index (χ2n) is 13.9. The molecular weight excluding hydrogens is 770 g/mol. The van der Waals surface area contributed by atoms with Crippen molar-refractivity contribution in [2.75, 3.05) is 52.5 Å². The molecule has 0 bridgehead atoms. The van der Waals surface area contributed by atoms with Gasteiger partial charge in [0, 0.05) is 72.4 Å². The molecule has 2 fully saturated rings. The minimum Gasteiger partial charge on any atom is -0.508 e. The number of hydrogen-bond acceptors (Lipinski definition) is 10. The minimum absolute atomic E-state index is 0.0445. The van der Waals surface area contributed by atoms with Crippen LogP contribution in [0.3, 0.4) is 0 Å². The highest BCUT2D eigenvalue weighted by molar-refractivity contribution is 9.10. The number of benzene rings is 4. The van der Waals surface area contributed by atoms with Gasteiger partial charge in [0.1, 0.15) is 42.0 Å². The van der Waals surface area contributed by atoms with E-state index in [2.05, 4.69) is 37.9 Å². The van der Waals surface area contributed by atoms with Gasteiger partial charge in [0.15, 0.2) is 11.5 Å². The van der Waals surface area contributed by atoms with E-state index in [4.69, 9.17) is 14.2 Å². The standard InChI is InChI=1S/C42H40BrN3O7S/c43-29-3-1-27(2-4-29)41-40(36-12-5-31(48)25-39(36)54-41)53-33-9-7-32(8-10-33)51-21-19-44-15-17-45(18-16-44)20-22-52-34-11-13-35-28(23-34)26-46(42(35)50)37-14-6-30(47)24-38(37)49/h1-5,7-13,23,25,37,48H,6,14-22,24,26H2. The summed E-state index contributed by atoms with van der Waals surface area (Å²) < 4.78 is 20.6. The number of thiophene rings is 1. The van der Waals surface area contributed by atoms with E-state index < -0.39 is 6.04 Å². The Morgan fingerprint density at radius 1 is 0.778 bits per heavy atom. The number of aromatic hydroxyl groups is 1. The van der Waals surface area contributed by atoms with E-state index in [0.29, 0.717) is 43.9 Å². The first-order valence-corrected chi connectivity index (χ1v) is 19.9. The van der Waals surface area contributed by atoms with Crippen LogP contribution >= 0.6 is 27.3 Å². The van der Waals surface area contributed by atoms with Crippen LogP contribution in [-0.4, -0.2) is 95.8 Å². The molecule has 1 atom stereocenters. The number of phenols is 1. The fraction of sp³-hybridized carbons (Fsp3) is 0.310. The van der Waals surface area contributed by atoms with E-state index in [9.17, 15) is 19.5 Å². The SMILES string of the molecule is O=C1CCC(N2Cc3cc(OCCN4CCN(CCOc5ccc(Oc6c(-c7ccc(Br)cc7)sc7cc(O)ccc67)cc5)CC4)ccc3C2=O)C(=O)C1. The minimum atomic E-state index is -0.515. The Labute approximate surface area is 326 Å². The molecule has 1 unspecified atom stereocenters. The van der Waals surface area contributed by atoms with Gasteiger partial charge in [-0.2, -0.15) is 0 Å². The van der Waals surface area contributed by atoms with Crippen molar-refractivity contribution in [2.24, 2.45) is 0 Å². The summed E-state index contributed by atoms with van der Waals surface area (Å²) in [6, 6.07) is 26.2. The summed E-state index contributed by atoms with van der Waals surface area (Å²) in [6.07, 6.45) is 0.674. The van der Waals surface area contributed by atoms with Crippen LogP contribution < -0.4 is 14.2 Å². The molecule has 5 aromatic rings. The number of carbonyl (C=O) groups is 3. The van der Waals surface area contributed by atoms with Crippen LogP contribution in [0.5, 0.6) is 28.7 Å². The van der Waals surface area contributed by atoms with Crippen LogP contribution in [0.4, 0.5) is 0 Å². The lowest BCUT2D eigenvalue weighted by Crippen LogP contribution is -2.48. The number of amides is 1. The Kier molecular flexibility index (Phi) is 10.7. The predicted octanol–water partition coefficient (Wildman–Crippen LogP) is 7.55. The molecule has 0 spiro atoms. The molecule has 1 N–H and O–H groups in total. The molecule has 10 nitrogen and oxygen atoms in total. The quantitative estimate of drug-likeness (QED) is 0.128. The van der Waals surface area contributed by atoms with Gasteiger partial charge in [-0.05, 0) is 90.3 Å². The first-order valence-electron chi connectivity index (χ1n) is 18.3. The molecular formula is C42H40BrN3O7S. The van der Waals surface area contributed by atoms with E-state index in [1.807, 2.05) is 54.6 Å². The fourth-order valence-corrected chi connectivity index (χ4v) is 8.78. The van der Waals surface area contributed by atoms with E-state index in [1.54, 1.807) is 34.4 Å². The molecule has 1 amide bonds. The number of carbonyl (C=O) groups excluding carboxylic acids is 3. The smallest absolute Gasteiger partial charge is 0.255 e. The van der Waals surface area contributed by atoms with Crippen LogP contribution in [0, 0.1) is 0 Å². The molecule has 3 aliphatic rings. The van der Waals surface area contributed by atoms with Gasteiger partial charge in [-0.25, -0.2) is 0 Å². The Balaban J connectivity index is 0.769. The first-order chi connectivity index (χ1) is 26.3. The van der Waals surface area contributed by atoms with E-state index >= 15 is 0 Å². The number of piperazine rings is 1. The molecule has 3 heterocycles. The molecule has 8 rings (SSSR count). The molecule has 0 radical (unpaired) electrons. The Morgan fingerprint density at radius 3 is 2.15 bits per heavy atom. The predicted molar refractivity (Wildman–Crippen MR) is 211 cm³/mol. The highest BCUT2D eigenvalue weighted by Gasteiger charge is 2.39. The van der Waals surface area contributed by atoms with Gasteiger partial charge in [0.05, 0.1) is 17.3 Å². The zero-order valence-corrected chi connectivity index (χ0v) is 32.1. The highest BCUT2D eigenvalue weighted by atomic mass is 79.9. The number of ether oxygens (including phenoxy) is 3. The van der Waals surface area contributed by atoms with Crippen molar-refractivity contribution in [1.82, 2.24) is 14.7 Å². The zero-order chi connectivity index (χ0) is 37.2. The Hall–Kier alpha value is -4.75. The average Bonchev–Trinajstić information content (AvgIpc) is 3.69. The molecule has 4 aromatic carbocycles. The van der Waals surface area contributed by atoms with Crippen molar-refractivity contribution < 1.29 is 33.7 Å². The van der Waals surface area contributed by atoms with Crippen LogP contribution in [0.25, 0.3) is 20.5 Å². The third kappa shape index (κ3) is 8.02. The summed E-state index contributed by atoms with van der Waals surface area (Å²) in [5, 5.41) is 11.0. The van der Waals surface area contributed by atoms with Crippen LogP contribution in [0.1, 0.15) is 35.2 Å². The summed E-state index contributed by atoms with van der Waals surface area (Å²) in [6.45, 7) is 6.93. The van der Waals surface area contributed by atoms with Gasteiger partial charge in [-0.1, -0.05) is 28.1 Å². The molecule has 12 heteroatoms. The van der Waals surface area contributed by atoms with Gasteiger partial charge >= 0.3 is 0 Å². The molecule has 1 saturated heterocycles. The zero-order valence-electron chi connectivity index (χ0n) is 29.7. The highest BCUT2D eigenvalue weighted by Crippen LogP contribution is 2.47. The van der Waals surface area contributed by atoms with Crippen LogP contribution in [0.15, 0.2) is 89.4 Å². The van der Waals surface area contributed by atoms with Crippen molar-refractivity contribution in [3.05, 3.63) is 101 Å². The number of hydrogen-bond donors (Lipinski definition) is 1. The van der Waals surface area contributed by atoms with Crippen molar-refractivity contribution >= 4 is 54.8 Å². The lowest BCUT2D eigenvalue weighted by molar-refractivity contribution is -0.133. The monoisotopic (exact) mass is 809 g/mol. The topological polar surface area (TPSA) is 109 Å². The van der Waals surface area contributed by atoms with Gasteiger partial charge in [0.2, 0.25) is 0 Å². The summed E-state index contributed by atoms with van der Waals surface area (Å²) in [4.78, 5) is 44.5. The number of nitrogens with zero attached hydrogens (tertiary/aromatic N) is 3. The van der Waals surface area contributed by atoms with Crippen molar-refractivity contribution in [2.45, 2.75) is 31.8 Å². The van der Waals surface area contributed by atoms with Gasteiger partial charge in [-0.15, -0.1) is 11.3 Å². The third-order valence-electron chi connectivity index (χ3n) is 10.3. The average molecular weight is 811 g/mol. The molecule has 1 aromatic heterocycles. The van der Waals surface area contributed by atoms with Crippen LogP contribution in [0.2, 0.25) is 0 Å². The molecule has 54 heavy (non-hydrogen) atoms. The molecule has 2 aliphatic heterocycles. The van der Waals surface area contributed by atoms with E-state index in [0.717, 1.165) is 87.1 Å². The molecule has 1 aliphatic carbocycles. The van der Waals surface area contributed by atoms with Crippen LogP contribution in [-0.2, 0) is 16.1 Å². The summed E-state index contributed by atoms with van der Waals surface area (Å²) >= 11 is 5.11. The normalized spacial score (nSPS) is 18.0. The largest absolute Gasteiger partial charge is 0.508 e. The molecule has 278 valence electrons. The van der Waals surface area contributed by atoms with Crippen molar-refractivity contribution in [3.8, 4) is 39.2 Å². The lowest BCUT2D eigenvalue weighted by atomic mass is 9.92. The first kappa shape index (κ1) is 36.2.